The minimum atomic E-state index is -0.316. The molecule has 0 bridgehead atoms. The predicted molar refractivity (Wildman–Crippen MR) is 127 cm³/mol. The number of nitriles is 1. The third kappa shape index (κ3) is 3.93. The van der Waals surface area contributed by atoms with Crippen molar-refractivity contribution < 1.29 is 4.79 Å². The molecule has 1 aromatic heterocycles. The summed E-state index contributed by atoms with van der Waals surface area (Å²) in [5, 5.41) is 9.56. The highest BCUT2D eigenvalue weighted by molar-refractivity contribution is 8.26. The van der Waals surface area contributed by atoms with Gasteiger partial charge in [0, 0.05) is 31.7 Å². The van der Waals surface area contributed by atoms with Crippen LogP contribution in [0.2, 0.25) is 0 Å². The van der Waals surface area contributed by atoms with Crippen LogP contribution in [0.15, 0.2) is 9.70 Å². The van der Waals surface area contributed by atoms with E-state index < -0.39 is 0 Å². The van der Waals surface area contributed by atoms with Gasteiger partial charge >= 0.3 is 0 Å². The fourth-order valence-corrected chi connectivity index (χ4v) is 5.76. The molecular weight excluding hydrogens is 416 g/mol. The molecule has 0 radical (unpaired) electrons. The van der Waals surface area contributed by atoms with Gasteiger partial charge in [-0.15, -0.1) is 0 Å². The van der Waals surface area contributed by atoms with Crippen molar-refractivity contribution in [2.45, 2.75) is 58.9 Å². The predicted octanol–water partition coefficient (Wildman–Crippen LogP) is 3.95. The summed E-state index contributed by atoms with van der Waals surface area (Å²) in [4.78, 5) is 30.4. The zero-order chi connectivity index (χ0) is 22.0. The molecule has 1 amide bonds. The van der Waals surface area contributed by atoms with Gasteiger partial charge in [0.25, 0.3) is 11.5 Å². The van der Waals surface area contributed by atoms with Gasteiger partial charge in [0.15, 0.2) is 0 Å². The molecular formula is C22H28N4O2S2. The molecule has 1 saturated carbocycles. The van der Waals surface area contributed by atoms with Crippen LogP contribution in [0.4, 0.5) is 5.82 Å². The van der Waals surface area contributed by atoms with E-state index in [2.05, 4.69) is 4.90 Å². The van der Waals surface area contributed by atoms with Gasteiger partial charge < -0.3 is 4.90 Å². The second-order valence-corrected chi connectivity index (χ2v) is 9.40. The molecule has 0 atom stereocenters. The number of nitrogens with zero attached hydrogens (tertiary/aromatic N) is 4. The smallest absolute Gasteiger partial charge is 0.270 e. The van der Waals surface area contributed by atoms with Gasteiger partial charge in [-0.3, -0.25) is 19.1 Å². The molecule has 0 unspecified atom stereocenters. The van der Waals surface area contributed by atoms with E-state index in [1.807, 2.05) is 26.0 Å². The average Bonchev–Trinajstić information content (AvgIpc) is 3.03. The topological polar surface area (TPSA) is 69.3 Å². The Hall–Kier alpha value is -2.11. The van der Waals surface area contributed by atoms with E-state index in [-0.39, 0.29) is 23.1 Å². The Bertz CT molecular complexity index is 996. The summed E-state index contributed by atoms with van der Waals surface area (Å²) >= 11 is 6.88. The second-order valence-electron chi connectivity index (χ2n) is 7.73. The molecule has 2 fully saturated rings. The zero-order valence-electron chi connectivity index (χ0n) is 18.0. The average molecular weight is 445 g/mol. The van der Waals surface area contributed by atoms with Crippen LogP contribution in [-0.4, -0.2) is 38.8 Å². The molecule has 30 heavy (non-hydrogen) atoms. The van der Waals surface area contributed by atoms with Gasteiger partial charge in [0.05, 0.1) is 4.91 Å². The van der Waals surface area contributed by atoms with Crippen molar-refractivity contribution in [2.75, 3.05) is 18.0 Å². The number of hydrogen-bond acceptors (Lipinski definition) is 6. The van der Waals surface area contributed by atoms with Crippen molar-refractivity contribution in [3.63, 3.8) is 0 Å². The quantitative estimate of drug-likeness (QED) is 0.506. The van der Waals surface area contributed by atoms with Gasteiger partial charge in [0.2, 0.25) is 0 Å². The normalized spacial score (nSPS) is 18.9. The number of thiocarbonyl (C=S) groups is 1. The monoisotopic (exact) mass is 444 g/mol. The van der Waals surface area contributed by atoms with Crippen molar-refractivity contribution in [1.29, 1.82) is 5.26 Å². The van der Waals surface area contributed by atoms with Gasteiger partial charge in [-0.25, -0.2) is 0 Å². The first-order chi connectivity index (χ1) is 14.3. The molecule has 2 heterocycles. The molecule has 160 valence electrons. The fourth-order valence-electron chi connectivity index (χ4n) is 4.38. The molecule has 2 aliphatic rings. The van der Waals surface area contributed by atoms with E-state index in [1.165, 1.54) is 22.7 Å². The number of hydrogen-bond donors (Lipinski definition) is 0. The number of pyridine rings is 1. The van der Waals surface area contributed by atoms with E-state index in [1.54, 1.807) is 18.9 Å². The van der Waals surface area contributed by atoms with Gasteiger partial charge in [-0.2, -0.15) is 5.26 Å². The van der Waals surface area contributed by atoms with Crippen molar-refractivity contribution in [2.24, 2.45) is 7.05 Å². The number of amides is 1. The molecule has 1 aromatic rings. The number of thioether (sulfide) groups is 1. The highest BCUT2D eigenvalue weighted by Crippen LogP contribution is 2.39. The summed E-state index contributed by atoms with van der Waals surface area (Å²) in [5.74, 6) is 0.665. The van der Waals surface area contributed by atoms with Gasteiger partial charge in [0.1, 0.15) is 21.8 Å². The molecule has 6 nitrogen and oxygen atoms in total. The SMILES string of the molecule is CCN(CC)c1c(/C=C2\SC(=S)N(C3CCCCC3)C2=O)c(C)c(C#N)c(=O)n1C. The molecule has 1 aliphatic heterocycles. The lowest BCUT2D eigenvalue weighted by molar-refractivity contribution is -0.124. The highest BCUT2D eigenvalue weighted by atomic mass is 32.2. The second kappa shape index (κ2) is 9.36. The third-order valence-corrected chi connectivity index (χ3v) is 7.40. The maximum atomic E-state index is 13.3. The Morgan fingerprint density at radius 1 is 1.23 bits per heavy atom. The molecule has 1 aliphatic carbocycles. The summed E-state index contributed by atoms with van der Waals surface area (Å²) in [7, 11) is 1.68. The summed E-state index contributed by atoms with van der Waals surface area (Å²) in [6.07, 6.45) is 7.26. The maximum Gasteiger partial charge on any atom is 0.270 e. The Morgan fingerprint density at radius 3 is 2.43 bits per heavy atom. The Kier molecular flexibility index (Phi) is 7.04. The molecule has 1 saturated heterocycles. The van der Waals surface area contributed by atoms with E-state index in [0.717, 1.165) is 37.1 Å². The maximum absolute atomic E-state index is 13.3. The lowest BCUT2D eigenvalue weighted by Crippen LogP contribution is -2.39. The van der Waals surface area contributed by atoms with Crippen LogP contribution in [-0.2, 0) is 11.8 Å². The molecule has 0 N–H and O–H groups in total. The number of carbonyl (C=O) groups is 1. The van der Waals surface area contributed by atoms with Crippen LogP contribution in [0.1, 0.15) is 62.6 Å². The van der Waals surface area contributed by atoms with Gasteiger partial charge in [-0.05, 0) is 45.3 Å². The van der Waals surface area contributed by atoms with E-state index >= 15 is 0 Å². The van der Waals surface area contributed by atoms with E-state index in [0.29, 0.717) is 27.9 Å². The first kappa shape index (κ1) is 22.6. The zero-order valence-corrected chi connectivity index (χ0v) is 19.7. The minimum Gasteiger partial charge on any atom is -0.358 e. The number of anilines is 1. The Labute approximate surface area is 187 Å². The summed E-state index contributed by atoms with van der Waals surface area (Å²) < 4.78 is 2.12. The van der Waals surface area contributed by atoms with Crippen LogP contribution in [0.5, 0.6) is 0 Å². The third-order valence-electron chi connectivity index (χ3n) is 6.07. The largest absolute Gasteiger partial charge is 0.358 e. The summed E-state index contributed by atoms with van der Waals surface area (Å²) in [5.41, 5.74) is 1.14. The van der Waals surface area contributed by atoms with Crippen LogP contribution >= 0.6 is 24.0 Å². The Balaban J connectivity index is 2.13. The molecule has 0 aromatic carbocycles. The lowest BCUT2D eigenvalue weighted by atomic mass is 9.94. The van der Waals surface area contributed by atoms with Crippen molar-refractivity contribution in [1.82, 2.24) is 9.47 Å². The first-order valence-electron chi connectivity index (χ1n) is 10.5. The number of aromatic nitrogens is 1. The van der Waals surface area contributed by atoms with Crippen LogP contribution in [0.25, 0.3) is 6.08 Å². The van der Waals surface area contributed by atoms with Crippen LogP contribution in [0.3, 0.4) is 0 Å². The lowest BCUT2D eigenvalue weighted by Gasteiger charge is -2.30. The van der Waals surface area contributed by atoms with E-state index in [9.17, 15) is 14.9 Å². The Morgan fingerprint density at radius 2 is 1.87 bits per heavy atom. The fraction of sp³-hybridized carbons (Fsp3) is 0.545. The summed E-state index contributed by atoms with van der Waals surface area (Å²) in [6.45, 7) is 7.24. The standard InChI is InChI=1S/C22H28N4O2S2/c1-5-25(6-2)19-16(14(3)17(13-23)20(27)24(19)4)12-18-21(28)26(22(29)30-18)15-10-8-7-9-11-15/h12,15H,5-11H2,1-4H3/b18-12-. The minimum absolute atomic E-state index is 0.0610. The highest BCUT2D eigenvalue weighted by Gasteiger charge is 2.38. The molecule has 8 heteroatoms. The van der Waals surface area contributed by atoms with Gasteiger partial charge in [-0.1, -0.05) is 43.2 Å². The molecule has 0 spiro atoms. The van der Waals surface area contributed by atoms with Crippen molar-refractivity contribution in [3.05, 3.63) is 31.9 Å². The number of carbonyl (C=O) groups excluding carboxylic acids is 1. The number of rotatable bonds is 5. The van der Waals surface area contributed by atoms with Crippen molar-refractivity contribution >= 4 is 46.1 Å². The van der Waals surface area contributed by atoms with Crippen LogP contribution in [0, 0.1) is 18.3 Å². The van der Waals surface area contributed by atoms with Crippen LogP contribution < -0.4 is 10.5 Å². The molecule has 3 rings (SSSR count). The van der Waals surface area contributed by atoms with E-state index in [4.69, 9.17) is 12.2 Å². The summed E-state index contributed by atoms with van der Waals surface area (Å²) in [6, 6.07) is 2.22. The first-order valence-corrected chi connectivity index (χ1v) is 11.7. The van der Waals surface area contributed by atoms with Crippen molar-refractivity contribution in [3.8, 4) is 6.07 Å².